The van der Waals surface area contributed by atoms with Gasteiger partial charge in [0.2, 0.25) is 0 Å². The normalized spacial score (nSPS) is 3.75. The topological polar surface area (TPSA) is 0 Å². The van der Waals surface area contributed by atoms with Crippen LogP contribution in [0.1, 0.15) is 19.8 Å². The summed E-state index contributed by atoms with van der Waals surface area (Å²) in [6, 6.07) is 0. The Balaban J connectivity index is -0.00000000750. The van der Waals surface area contributed by atoms with Gasteiger partial charge in [-0.2, -0.15) is 6.42 Å². The van der Waals surface area contributed by atoms with Crippen molar-refractivity contribution < 1.29 is 72.3 Å². The van der Waals surface area contributed by atoms with Crippen LogP contribution >= 0.6 is 0 Å². The fraction of sp³-hybridized carbons (Fsp3) is 0.750. The van der Waals surface area contributed by atoms with Crippen molar-refractivity contribution in [3.05, 3.63) is 6.92 Å². The van der Waals surface area contributed by atoms with Crippen molar-refractivity contribution in [1.29, 1.82) is 0 Å². The molecule has 4 heteroatoms. The summed E-state index contributed by atoms with van der Waals surface area (Å²) >= 11 is 0. The summed E-state index contributed by atoms with van der Waals surface area (Å²) < 4.78 is 0. The summed E-state index contributed by atoms with van der Waals surface area (Å²) in [5.74, 6) is 0. The first-order valence-electron chi connectivity index (χ1n) is 1.71. The van der Waals surface area contributed by atoms with Crippen LogP contribution in [0.3, 0.4) is 0 Å². The molecular formula is C4H9Br2LiZn. The van der Waals surface area contributed by atoms with Crippen molar-refractivity contribution >= 4 is 0 Å². The summed E-state index contributed by atoms with van der Waals surface area (Å²) in [6.07, 6.45) is 2.28. The number of hydrogen-bond donors (Lipinski definition) is 0. The molecule has 0 bridgehead atoms. The molecule has 0 amide bonds. The molecule has 0 aromatic carbocycles. The monoisotopic (exact) mass is 286 g/mol. The smallest absolute Gasteiger partial charge is 1.00 e. The molecule has 0 fully saturated rings. The van der Waals surface area contributed by atoms with E-state index in [-0.39, 0.29) is 72.3 Å². The van der Waals surface area contributed by atoms with Gasteiger partial charge in [0.05, 0.1) is 0 Å². The van der Waals surface area contributed by atoms with Gasteiger partial charge in [0.1, 0.15) is 0 Å². The van der Waals surface area contributed by atoms with E-state index in [0.29, 0.717) is 0 Å². The standard InChI is InChI=1S/C4H9.2BrH.Li.Zn/c1-3-4-2;;;;/h1,3-4H2,2H3;2*1H;;/q-1;;;+1;+2/p-2. The molecule has 0 N–H and O–H groups in total. The van der Waals surface area contributed by atoms with Gasteiger partial charge in [0, 0.05) is 0 Å². The zero-order chi connectivity index (χ0) is 3.41. The molecule has 0 nitrogen and oxygen atoms in total. The van der Waals surface area contributed by atoms with E-state index < -0.39 is 0 Å². The van der Waals surface area contributed by atoms with Gasteiger partial charge in [-0.15, -0.1) is 0 Å². The number of hydrogen-bond acceptors (Lipinski definition) is 0. The third-order valence-corrected chi connectivity index (χ3v) is 0.354. The summed E-state index contributed by atoms with van der Waals surface area (Å²) in [5, 5.41) is 0. The Bertz CT molecular complexity index is 16.0. The predicted molar refractivity (Wildman–Crippen MR) is 20.3 cm³/mol. The molecule has 8 heavy (non-hydrogen) atoms. The molecule has 0 unspecified atom stereocenters. The second kappa shape index (κ2) is 35.2. The minimum atomic E-state index is 0. The molecule has 0 saturated heterocycles. The Morgan fingerprint density at radius 3 is 1.38 bits per heavy atom. The van der Waals surface area contributed by atoms with Gasteiger partial charge in [-0.3, -0.25) is 0 Å². The van der Waals surface area contributed by atoms with Crippen LogP contribution in [0.2, 0.25) is 0 Å². The van der Waals surface area contributed by atoms with Crippen LogP contribution in [-0.2, 0) is 19.5 Å². The van der Waals surface area contributed by atoms with Crippen LogP contribution in [0.15, 0.2) is 0 Å². The van der Waals surface area contributed by atoms with Gasteiger partial charge in [0.25, 0.3) is 0 Å². The van der Waals surface area contributed by atoms with Gasteiger partial charge in [-0.05, 0) is 0 Å². The predicted octanol–water partition coefficient (Wildman–Crippen LogP) is -7.37. The van der Waals surface area contributed by atoms with Crippen molar-refractivity contribution in [3.8, 4) is 0 Å². The van der Waals surface area contributed by atoms with Crippen LogP contribution in [0, 0.1) is 6.92 Å². The Hall–Kier alpha value is 2.18. The van der Waals surface area contributed by atoms with Crippen molar-refractivity contribution in [1.82, 2.24) is 0 Å². The summed E-state index contributed by atoms with van der Waals surface area (Å²) in [4.78, 5) is 0. The molecule has 0 spiro atoms. The Morgan fingerprint density at radius 2 is 1.38 bits per heavy atom. The third-order valence-electron chi connectivity index (χ3n) is 0.354. The maximum atomic E-state index is 3.60. The van der Waals surface area contributed by atoms with E-state index in [1.807, 2.05) is 0 Å². The molecule has 0 aliphatic rings. The quantitative estimate of drug-likeness (QED) is 0.332. The first-order chi connectivity index (χ1) is 1.91. The minimum Gasteiger partial charge on any atom is -1.00 e. The van der Waals surface area contributed by atoms with E-state index in [0.717, 1.165) is 6.42 Å². The molecule has 0 aliphatic carbocycles. The largest absolute Gasteiger partial charge is 2.00 e. The molecule has 0 aromatic rings. The van der Waals surface area contributed by atoms with Crippen LogP contribution in [0.4, 0.5) is 0 Å². The van der Waals surface area contributed by atoms with Crippen LogP contribution < -0.4 is 52.8 Å². The van der Waals surface area contributed by atoms with Crippen molar-refractivity contribution in [2.75, 3.05) is 0 Å². The Morgan fingerprint density at radius 1 is 1.25 bits per heavy atom. The number of unbranched alkanes of at least 4 members (excludes halogenated alkanes) is 1. The van der Waals surface area contributed by atoms with Crippen LogP contribution in [0.5, 0.6) is 0 Å². The zero-order valence-electron chi connectivity index (χ0n) is 5.58. The third kappa shape index (κ3) is 41.7. The van der Waals surface area contributed by atoms with E-state index >= 15 is 0 Å². The molecule has 42 valence electrons. The Labute approximate surface area is 98.0 Å². The van der Waals surface area contributed by atoms with Gasteiger partial charge in [-0.25, -0.2) is 0 Å². The van der Waals surface area contributed by atoms with E-state index in [4.69, 9.17) is 0 Å². The van der Waals surface area contributed by atoms with Crippen molar-refractivity contribution in [2.24, 2.45) is 0 Å². The maximum Gasteiger partial charge on any atom is 2.00 e. The first-order valence-corrected chi connectivity index (χ1v) is 1.71. The van der Waals surface area contributed by atoms with E-state index in [2.05, 4.69) is 13.8 Å². The average molecular weight is 289 g/mol. The van der Waals surface area contributed by atoms with Crippen LogP contribution in [-0.4, -0.2) is 0 Å². The second-order valence-corrected chi connectivity index (χ2v) is 0.854. The number of halogens is 2. The average Bonchev–Trinajstić information content (AvgIpc) is 1.37. The molecule has 0 aliphatic heterocycles. The molecule has 0 aromatic heterocycles. The molecule has 0 atom stereocenters. The molecular weight excluding hydrogens is 280 g/mol. The summed E-state index contributed by atoms with van der Waals surface area (Å²) in [6.45, 7) is 5.72. The van der Waals surface area contributed by atoms with Gasteiger partial charge >= 0.3 is 38.3 Å². The van der Waals surface area contributed by atoms with E-state index in [9.17, 15) is 0 Å². The molecule has 0 rings (SSSR count). The van der Waals surface area contributed by atoms with Gasteiger partial charge in [0.15, 0.2) is 0 Å². The van der Waals surface area contributed by atoms with Crippen LogP contribution in [0.25, 0.3) is 0 Å². The fourth-order valence-electron chi connectivity index (χ4n) is 0. The van der Waals surface area contributed by atoms with Gasteiger partial charge in [-0.1, -0.05) is 13.3 Å². The van der Waals surface area contributed by atoms with Crippen molar-refractivity contribution in [3.63, 3.8) is 0 Å². The Kier molecular flexibility index (Phi) is 140. The summed E-state index contributed by atoms with van der Waals surface area (Å²) in [7, 11) is 0. The summed E-state index contributed by atoms with van der Waals surface area (Å²) in [5.41, 5.74) is 0. The molecule has 0 radical (unpaired) electrons. The van der Waals surface area contributed by atoms with Gasteiger partial charge < -0.3 is 40.9 Å². The van der Waals surface area contributed by atoms with Crippen molar-refractivity contribution in [2.45, 2.75) is 19.8 Å². The molecule has 0 saturated carbocycles. The molecule has 0 heterocycles. The zero-order valence-corrected chi connectivity index (χ0v) is 11.7. The number of rotatable bonds is 1. The maximum absolute atomic E-state index is 3.60. The second-order valence-electron chi connectivity index (χ2n) is 0.854. The minimum absolute atomic E-state index is 0. The SMILES string of the molecule is [Br-].[Br-].[CH2-]CCC.[Li+].[Zn+2]. The van der Waals surface area contributed by atoms with E-state index in [1.54, 1.807) is 0 Å². The van der Waals surface area contributed by atoms with E-state index in [1.165, 1.54) is 6.42 Å². The fourth-order valence-corrected chi connectivity index (χ4v) is 0. The first kappa shape index (κ1) is 32.0.